The molecule has 0 spiro atoms. The van der Waals surface area contributed by atoms with Gasteiger partial charge in [0.15, 0.2) is 11.2 Å². The van der Waals surface area contributed by atoms with Crippen molar-refractivity contribution in [3.05, 3.63) is 25.3 Å². The standard InChI is InChI=1S/C19H32O3/c1-5-7-8-9-10-11-12-13-14-16-19(4)18(3,15-6-2)21-17(20)22-19/h5-6H,1-2,7-16H2,3-4H3/t18-,19+/m1/s1. The molecule has 22 heavy (non-hydrogen) atoms. The zero-order valence-electron chi connectivity index (χ0n) is 14.4. The SMILES string of the molecule is C=CCCCCCCCCC[C@]1(C)OC(=O)O[C@]1(C)CC=C. The van der Waals surface area contributed by atoms with E-state index in [0.717, 1.165) is 19.3 Å². The number of unbranched alkanes of at least 4 members (excludes halogenated alkanes) is 7. The molecule has 1 aliphatic heterocycles. The summed E-state index contributed by atoms with van der Waals surface area (Å²) in [6.45, 7) is 11.4. The van der Waals surface area contributed by atoms with Gasteiger partial charge >= 0.3 is 6.16 Å². The fourth-order valence-corrected chi connectivity index (χ4v) is 3.09. The number of hydrogen-bond acceptors (Lipinski definition) is 3. The third-order valence-electron chi connectivity index (χ3n) is 4.83. The van der Waals surface area contributed by atoms with Crippen LogP contribution in [0.25, 0.3) is 0 Å². The second-order valence-corrected chi connectivity index (χ2v) is 6.71. The molecule has 0 aliphatic carbocycles. The maximum atomic E-state index is 11.5. The first kappa shape index (κ1) is 18.8. The smallest absolute Gasteiger partial charge is 0.424 e. The van der Waals surface area contributed by atoms with Crippen molar-refractivity contribution >= 4 is 6.16 Å². The summed E-state index contributed by atoms with van der Waals surface area (Å²) in [4.78, 5) is 11.5. The molecule has 2 atom stereocenters. The molecule has 0 unspecified atom stereocenters. The summed E-state index contributed by atoms with van der Waals surface area (Å²) >= 11 is 0. The molecule has 1 aliphatic rings. The van der Waals surface area contributed by atoms with Gasteiger partial charge < -0.3 is 9.47 Å². The number of carbonyl (C=O) groups is 1. The summed E-state index contributed by atoms with van der Waals surface area (Å²) in [5, 5.41) is 0. The zero-order valence-corrected chi connectivity index (χ0v) is 14.4. The van der Waals surface area contributed by atoms with E-state index in [9.17, 15) is 4.79 Å². The third kappa shape index (κ3) is 5.19. The van der Waals surface area contributed by atoms with Gasteiger partial charge in [0.1, 0.15) is 0 Å². The van der Waals surface area contributed by atoms with Crippen LogP contribution >= 0.6 is 0 Å². The Morgan fingerprint density at radius 1 is 0.864 bits per heavy atom. The Balaban J connectivity index is 2.23. The molecule has 0 amide bonds. The van der Waals surface area contributed by atoms with E-state index < -0.39 is 17.4 Å². The Morgan fingerprint density at radius 3 is 2.00 bits per heavy atom. The Morgan fingerprint density at radius 2 is 1.41 bits per heavy atom. The van der Waals surface area contributed by atoms with E-state index in [1.165, 1.54) is 38.5 Å². The van der Waals surface area contributed by atoms with E-state index in [4.69, 9.17) is 9.47 Å². The minimum absolute atomic E-state index is 0.539. The van der Waals surface area contributed by atoms with Crippen LogP contribution in [0.1, 0.15) is 78.1 Å². The van der Waals surface area contributed by atoms with Gasteiger partial charge in [-0.05, 0) is 39.5 Å². The first-order chi connectivity index (χ1) is 10.5. The summed E-state index contributed by atoms with van der Waals surface area (Å²) in [7, 11) is 0. The van der Waals surface area contributed by atoms with Crippen LogP contribution in [-0.2, 0) is 9.47 Å². The van der Waals surface area contributed by atoms with E-state index in [2.05, 4.69) is 13.2 Å². The van der Waals surface area contributed by atoms with Gasteiger partial charge in [-0.3, -0.25) is 0 Å². The van der Waals surface area contributed by atoms with E-state index >= 15 is 0 Å². The molecule has 1 saturated heterocycles. The van der Waals surface area contributed by atoms with Crippen molar-refractivity contribution < 1.29 is 14.3 Å². The predicted octanol–water partition coefficient (Wildman–Crippen LogP) is 5.94. The monoisotopic (exact) mass is 308 g/mol. The lowest BCUT2D eigenvalue weighted by atomic mass is 9.79. The first-order valence-corrected chi connectivity index (χ1v) is 8.61. The number of hydrogen-bond donors (Lipinski definition) is 0. The molecule has 0 radical (unpaired) electrons. The molecule has 126 valence electrons. The van der Waals surface area contributed by atoms with Crippen molar-refractivity contribution in [2.45, 2.75) is 89.3 Å². The highest BCUT2D eigenvalue weighted by Crippen LogP contribution is 2.42. The van der Waals surface area contributed by atoms with Gasteiger partial charge in [-0.25, -0.2) is 4.79 Å². The lowest BCUT2D eigenvalue weighted by Crippen LogP contribution is -2.46. The molecule has 0 bridgehead atoms. The normalized spacial score (nSPS) is 27.3. The largest absolute Gasteiger partial charge is 0.509 e. The number of carbonyl (C=O) groups excluding carboxylic acids is 1. The highest BCUT2D eigenvalue weighted by atomic mass is 16.8. The summed E-state index contributed by atoms with van der Waals surface area (Å²) in [6, 6.07) is 0. The fourth-order valence-electron chi connectivity index (χ4n) is 3.09. The summed E-state index contributed by atoms with van der Waals surface area (Å²) in [5.74, 6) is 0. The van der Waals surface area contributed by atoms with E-state index in [1.807, 2.05) is 19.9 Å². The van der Waals surface area contributed by atoms with E-state index in [1.54, 1.807) is 6.08 Å². The van der Waals surface area contributed by atoms with Crippen LogP contribution in [0.4, 0.5) is 4.79 Å². The minimum atomic E-state index is -0.587. The predicted molar refractivity (Wildman–Crippen MR) is 90.9 cm³/mol. The molecule has 0 aromatic rings. The van der Waals surface area contributed by atoms with Gasteiger partial charge in [-0.2, -0.15) is 0 Å². The Bertz CT molecular complexity index is 377. The highest BCUT2D eigenvalue weighted by Gasteiger charge is 2.55. The van der Waals surface area contributed by atoms with Crippen molar-refractivity contribution in [1.29, 1.82) is 0 Å². The minimum Gasteiger partial charge on any atom is -0.424 e. The molecule has 1 heterocycles. The van der Waals surface area contributed by atoms with Crippen LogP contribution < -0.4 is 0 Å². The lowest BCUT2D eigenvalue weighted by Gasteiger charge is -2.35. The van der Waals surface area contributed by atoms with Gasteiger partial charge in [-0.15, -0.1) is 13.2 Å². The number of allylic oxidation sites excluding steroid dienone is 1. The quantitative estimate of drug-likeness (QED) is 0.254. The molecule has 3 heteroatoms. The number of ether oxygens (including phenoxy) is 2. The lowest BCUT2D eigenvalue weighted by molar-refractivity contribution is -0.0284. The molecule has 1 fully saturated rings. The van der Waals surface area contributed by atoms with Crippen molar-refractivity contribution in [2.75, 3.05) is 0 Å². The molecule has 0 aromatic carbocycles. The molecule has 0 N–H and O–H groups in total. The molecule has 0 saturated carbocycles. The maximum absolute atomic E-state index is 11.5. The van der Waals surface area contributed by atoms with Gasteiger partial charge in [0.25, 0.3) is 0 Å². The molecular formula is C19H32O3. The maximum Gasteiger partial charge on any atom is 0.509 e. The van der Waals surface area contributed by atoms with Gasteiger partial charge in [0.05, 0.1) is 0 Å². The average molecular weight is 308 g/mol. The Kier molecular flexibility index (Phi) is 7.70. The number of rotatable bonds is 12. The van der Waals surface area contributed by atoms with E-state index in [-0.39, 0.29) is 0 Å². The fraction of sp³-hybridized carbons (Fsp3) is 0.737. The molecule has 3 nitrogen and oxygen atoms in total. The molecular weight excluding hydrogens is 276 g/mol. The second-order valence-electron chi connectivity index (χ2n) is 6.71. The molecule has 0 aromatic heterocycles. The average Bonchev–Trinajstić information content (AvgIpc) is 2.67. The van der Waals surface area contributed by atoms with Crippen LogP contribution in [0.5, 0.6) is 0 Å². The van der Waals surface area contributed by atoms with Gasteiger partial charge in [0.2, 0.25) is 0 Å². The Labute approximate surface area is 135 Å². The topological polar surface area (TPSA) is 35.5 Å². The first-order valence-electron chi connectivity index (χ1n) is 8.61. The van der Waals surface area contributed by atoms with Gasteiger partial charge in [-0.1, -0.05) is 44.3 Å². The van der Waals surface area contributed by atoms with Crippen molar-refractivity contribution in [2.24, 2.45) is 0 Å². The second kappa shape index (κ2) is 9.02. The van der Waals surface area contributed by atoms with Crippen LogP contribution in [0, 0.1) is 0 Å². The summed E-state index contributed by atoms with van der Waals surface area (Å²) in [5.41, 5.74) is -1.13. The van der Waals surface area contributed by atoms with Crippen molar-refractivity contribution in [1.82, 2.24) is 0 Å². The van der Waals surface area contributed by atoms with E-state index in [0.29, 0.717) is 6.42 Å². The van der Waals surface area contributed by atoms with Crippen molar-refractivity contribution in [3.63, 3.8) is 0 Å². The third-order valence-corrected chi connectivity index (χ3v) is 4.83. The Hall–Kier alpha value is -1.25. The molecule has 1 rings (SSSR count). The van der Waals surface area contributed by atoms with Crippen LogP contribution in [-0.4, -0.2) is 17.4 Å². The van der Waals surface area contributed by atoms with Crippen molar-refractivity contribution in [3.8, 4) is 0 Å². The van der Waals surface area contributed by atoms with Crippen LogP contribution in [0.15, 0.2) is 25.3 Å². The van der Waals surface area contributed by atoms with Crippen LogP contribution in [0.3, 0.4) is 0 Å². The van der Waals surface area contributed by atoms with Gasteiger partial charge in [0, 0.05) is 6.42 Å². The summed E-state index contributed by atoms with van der Waals surface area (Å²) < 4.78 is 10.9. The zero-order chi connectivity index (χ0) is 16.5. The number of cyclic esters (lactones) is 2. The van der Waals surface area contributed by atoms with Crippen LogP contribution in [0.2, 0.25) is 0 Å². The highest BCUT2D eigenvalue weighted by molar-refractivity contribution is 5.64. The summed E-state index contributed by atoms with van der Waals surface area (Å²) in [6.07, 6.45) is 14.5.